The predicted molar refractivity (Wildman–Crippen MR) is 105 cm³/mol. The summed E-state index contributed by atoms with van der Waals surface area (Å²) in [5.74, 6) is 0.598. The SMILES string of the molecule is N#Cc1cc(Oc2ccc([N+](=O)[O-])c(C#N)c2)ccc1[N+](=O)[O-].Oc1ccc(O)cc1. The number of nitriles is 2. The van der Waals surface area contributed by atoms with E-state index in [0.29, 0.717) is 0 Å². The van der Waals surface area contributed by atoms with Crippen molar-refractivity contribution in [3.05, 3.63) is 92.0 Å². The van der Waals surface area contributed by atoms with Crippen LogP contribution in [0.2, 0.25) is 0 Å². The highest BCUT2D eigenvalue weighted by Gasteiger charge is 2.17. The van der Waals surface area contributed by atoms with Crippen molar-refractivity contribution in [1.29, 1.82) is 10.5 Å². The van der Waals surface area contributed by atoms with Gasteiger partial charge < -0.3 is 14.9 Å². The first kappa shape index (κ1) is 22.1. The number of nitrogens with zero attached hydrogens (tertiary/aromatic N) is 4. The topological polar surface area (TPSA) is 184 Å². The Morgan fingerprint density at radius 1 is 0.710 bits per heavy atom. The molecule has 0 saturated heterocycles. The Kier molecular flexibility index (Phi) is 7.04. The zero-order valence-corrected chi connectivity index (χ0v) is 15.5. The Labute approximate surface area is 174 Å². The summed E-state index contributed by atoms with van der Waals surface area (Å²) in [6.07, 6.45) is 0. The maximum Gasteiger partial charge on any atom is 0.287 e. The quantitative estimate of drug-likeness (QED) is 0.355. The molecule has 0 radical (unpaired) electrons. The van der Waals surface area contributed by atoms with Gasteiger partial charge in [-0.1, -0.05) is 0 Å². The van der Waals surface area contributed by atoms with Crippen molar-refractivity contribution >= 4 is 11.4 Å². The fourth-order valence-electron chi connectivity index (χ4n) is 2.24. The molecule has 0 saturated carbocycles. The molecule has 2 N–H and O–H groups in total. The summed E-state index contributed by atoms with van der Waals surface area (Å²) in [4.78, 5) is 20.1. The molecule has 3 aromatic carbocycles. The van der Waals surface area contributed by atoms with E-state index in [2.05, 4.69) is 0 Å². The molecule has 0 aromatic heterocycles. The van der Waals surface area contributed by atoms with E-state index in [9.17, 15) is 20.2 Å². The van der Waals surface area contributed by atoms with Crippen LogP contribution in [0.15, 0.2) is 60.7 Å². The summed E-state index contributed by atoms with van der Waals surface area (Å²) in [5.41, 5.74) is -1.09. The highest BCUT2D eigenvalue weighted by atomic mass is 16.6. The molecular formula is C20H12N4O7. The van der Waals surface area contributed by atoms with Gasteiger partial charge in [0.1, 0.15) is 46.3 Å². The number of nitro benzene ring substituents is 2. The molecule has 0 heterocycles. The Bertz CT molecular complexity index is 1120. The Morgan fingerprint density at radius 3 is 1.35 bits per heavy atom. The van der Waals surface area contributed by atoms with Crippen molar-refractivity contribution in [1.82, 2.24) is 0 Å². The molecule has 3 aromatic rings. The lowest BCUT2D eigenvalue weighted by atomic mass is 10.1. The molecule has 0 atom stereocenters. The first-order chi connectivity index (χ1) is 14.7. The van der Waals surface area contributed by atoms with Crippen molar-refractivity contribution < 1.29 is 24.8 Å². The highest BCUT2D eigenvalue weighted by Crippen LogP contribution is 2.30. The van der Waals surface area contributed by atoms with Crippen LogP contribution in [0.25, 0.3) is 0 Å². The van der Waals surface area contributed by atoms with Crippen molar-refractivity contribution in [2.45, 2.75) is 0 Å². The molecule has 154 valence electrons. The predicted octanol–water partition coefficient (Wildman–Crippen LogP) is 4.14. The zero-order chi connectivity index (χ0) is 23.0. The molecule has 3 rings (SSSR count). The number of phenolic OH excluding ortho intramolecular Hbond substituents is 2. The number of aromatic hydroxyl groups is 2. The average Bonchev–Trinajstić information content (AvgIpc) is 2.75. The normalized spacial score (nSPS) is 9.35. The number of phenols is 2. The van der Waals surface area contributed by atoms with Gasteiger partial charge in [0.2, 0.25) is 0 Å². The molecule has 0 aliphatic carbocycles. The molecule has 11 nitrogen and oxygen atoms in total. The average molecular weight is 420 g/mol. The van der Waals surface area contributed by atoms with Crippen molar-refractivity contribution in [2.24, 2.45) is 0 Å². The van der Waals surface area contributed by atoms with Crippen LogP contribution < -0.4 is 4.74 Å². The maximum absolute atomic E-state index is 10.7. The zero-order valence-electron chi connectivity index (χ0n) is 15.5. The monoisotopic (exact) mass is 420 g/mol. The van der Waals surface area contributed by atoms with Crippen molar-refractivity contribution in [2.75, 3.05) is 0 Å². The molecule has 0 fully saturated rings. The van der Waals surface area contributed by atoms with Crippen molar-refractivity contribution in [3.8, 4) is 35.1 Å². The van der Waals surface area contributed by atoms with Gasteiger partial charge in [-0.05, 0) is 36.4 Å². The second kappa shape index (κ2) is 9.86. The molecule has 0 aliphatic heterocycles. The lowest BCUT2D eigenvalue weighted by Crippen LogP contribution is -1.95. The summed E-state index contributed by atoms with van der Waals surface area (Å²) >= 11 is 0. The third-order valence-electron chi connectivity index (χ3n) is 3.66. The van der Waals surface area contributed by atoms with Crippen LogP contribution in [0.4, 0.5) is 11.4 Å². The van der Waals surface area contributed by atoms with Gasteiger partial charge >= 0.3 is 0 Å². The molecule has 0 spiro atoms. The number of benzene rings is 3. The first-order valence-electron chi connectivity index (χ1n) is 8.28. The first-order valence-corrected chi connectivity index (χ1v) is 8.28. The van der Waals surface area contributed by atoms with Crippen molar-refractivity contribution in [3.63, 3.8) is 0 Å². The van der Waals surface area contributed by atoms with Gasteiger partial charge in [0.05, 0.1) is 9.85 Å². The van der Waals surface area contributed by atoms with Gasteiger partial charge in [-0.3, -0.25) is 20.2 Å². The van der Waals surface area contributed by atoms with Crippen LogP contribution in [0.3, 0.4) is 0 Å². The highest BCUT2D eigenvalue weighted by molar-refractivity contribution is 5.55. The molecule has 0 unspecified atom stereocenters. The van der Waals surface area contributed by atoms with Gasteiger partial charge in [0.15, 0.2) is 0 Å². The molecular weight excluding hydrogens is 408 g/mol. The van der Waals surface area contributed by atoms with Gasteiger partial charge in [-0.15, -0.1) is 0 Å². The number of ether oxygens (including phenoxy) is 1. The minimum Gasteiger partial charge on any atom is -0.508 e. The Balaban J connectivity index is 0.000000357. The van der Waals surface area contributed by atoms with E-state index in [1.54, 1.807) is 12.1 Å². The standard InChI is InChI=1S/C14H6N4O5.C6H6O2/c15-7-9-5-11(1-3-13(9)17(19)20)23-12-2-4-14(18(21)22)10(6-12)8-16;7-5-1-2-6(8)4-3-5/h1-6H;1-4,7-8H. The van der Waals surface area contributed by atoms with E-state index >= 15 is 0 Å². The lowest BCUT2D eigenvalue weighted by molar-refractivity contribution is -0.385. The molecule has 11 heteroatoms. The lowest BCUT2D eigenvalue weighted by Gasteiger charge is -2.06. The van der Waals surface area contributed by atoms with E-state index in [1.807, 2.05) is 0 Å². The summed E-state index contributed by atoms with van der Waals surface area (Å²) < 4.78 is 5.39. The smallest absolute Gasteiger partial charge is 0.287 e. The number of rotatable bonds is 4. The number of hydrogen-bond donors (Lipinski definition) is 2. The molecule has 0 bridgehead atoms. The van der Waals surface area contributed by atoms with Crippen LogP contribution in [-0.4, -0.2) is 20.1 Å². The summed E-state index contributed by atoms with van der Waals surface area (Å²) in [5, 5.41) is 56.6. The van der Waals surface area contributed by atoms with Gasteiger partial charge in [0, 0.05) is 24.3 Å². The minimum absolute atomic E-state index is 0.130. The van der Waals surface area contributed by atoms with Crippen LogP contribution in [0, 0.1) is 42.9 Å². The third kappa shape index (κ3) is 5.91. The van der Waals surface area contributed by atoms with Gasteiger partial charge in [-0.25, -0.2) is 0 Å². The van der Waals surface area contributed by atoms with E-state index in [-0.39, 0.29) is 45.5 Å². The van der Waals surface area contributed by atoms with Gasteiger partial charge in [-0.2, -0.15) is 10.5 Å². The fourth-order valence-corrected chi connectivity index (χ4v) is 2.24. The second-order valence-electron chi connectivity index (χ2n) is 5.71. The minimum atomic E-state index is -0.692. The molecule has 31 heavy (non-hydrogen) atoms. The number of hydrogen-bond acceptors (Lipinski definition) is 9. The summed E-state index contributed by atoms with van der Waals surface area (Å²) in [6.45, 7) is 0. The molecule has 0 amide bonds. The number of nitro groups is 2. The van der Waals surface area contributed by atoms with E-state index < -0.39 is 9.85 Å². The van der Waals surface area contributed by atoms with Crippen LogP contribution in [0.1, 0.15) is 11.1 Å². The van der Waals surface area contributed by atoms with Crippen LogP contribution in [0.5, 0.6) is 23.0 Å². The largest absolute Gasteiger partial charge is 0.508 e. The fraction of sp³-hybridized carbons (Fsp3) is 0. The van der Waals surface area contributed by atoms with E-state index in [4.69, 9.17) is 25.5 Å². The second-order valence-corrected chi connectivity index (χ2v) is 5.71. The summed E-state index contributed by atoms with van der Waals surface area (Å²) in [7, 11) is 0. The Morgan fingerprint density at radius 2 is 1.06 bits per heavy atom. The Hall–Kier alpha value is -5.16. The molecule has 0 aliphatic rings. The van der Waals surface area contributed by atoms with Gasteiger partial charge in [0.25, 0.3) is 11.4 Å². The summed E-state index contributed by atoms with van der Waals surface area (Å²) in [6, 6.07) is 16.2. The third-order valence-corrected chi connectivity index (χ3v) is 3.66. The van der Waals surface area contributed by atoms with E-state index in [0.717, 1.165) is 12.1 Å². The van der Waals surface area contributed by atoms with Crippen LogP contribution >= 0.6 is 0 Å². The maximum atomic E-state index is 10.7. The van der Waals surface area contributed by atoms with Crippen LogP contribution in [-0.2, 0) is 0 Å². The van der Waals surface area contributed by atoms with E-state index in [1.165, 1.54) is 48.5 Å².